The molecule has 3 heterocycles. The first-order valence-electron chi connectivity index (χ1n) is 12.4. The Labute approximate surface area is 211 Å². The van der Waals surface area contributed by atoms with E-state index in [-0.39, 0.29) is 11.4 Å². The van der Waals surface area contributed by atoms with E-state index < -0.39 is 4.92 Å². The highest BCUT2D eigenvalue weighted by atomic mass is 16.6. The van der Waals surface area contributed by atoms with Gasteiger partial charge in [0.05, 0.1) is 28.1 Å². The van der Waals surface area contributed by atoms with E-state index in [0.717, 1.165) is 30.3 Å². The van der Waals surface area contributed by atoms with Crippen molar-refractivity contribution in [3.63, 3.8) is 0 Å². The summed E-state index contributed by atoms with van der Waals surface area (Å²) < 4.78 is 7.56. The highest BCUT2D eigenvalue weighted by molar-refractivity contribution is 5.92. The number of fused-ring (bicyclic) bond motifs is 2. The quantitative estimate of drug-likeness (QED) is 0.170. The molecule has 0 fully saturated rings. The summed E-state index contributed by atoms with van der Waals surface area (Å²) in [5, 5.41) is 11.2. The summed E-state index contributed by atoms with van der Waals surface area (Å²) in [6, 6.07) is 16.4. The number of aromatic amines is 1. The topological polar surface area (TPSA) is 120 Å². The second-order valence-corrected chi connectivity index (χ2v) is 9.37. The maximum Gasteiger partial charge on any atom is 0.433 e. The summed E-state index contributed by atoms with van der Waals surface area (Å²) >= 11 is 0. The van der Waals surface area contributed by atoms with Crippen LogP contribution in [0.1, 0.15) is 43.4 Å². The normalized spacial score (nSPS) is 13.8. The van der Waals surface area contributed by atoms with Crippen molar-refractivity contribution in [1.82, 2.24) is 19.5 Å². The molecule has 0 saturated carbocycles. The van der Waals surface area contributed by atoms with Crippen LogP contribution in [0.3, 0.4) is 0 Å². The van der Waals surface area contributed by atoms with Gasteiger partial charge in [-0.1, -0.05) is 42.0 Å². The van der Waals surface area contributed by atoms with Crippen molar-refractivity contribution in [3.8, 4) is 11.6 Å². The van der Waals surface area contributed by atoms with Crippen LogP contribution in [0.2, 0.25) is 0 Å². The molecule has 1 aliphatic rings. The number of benzene rings is 2. The summed E-state index contributed by atoms with van der Waals surface area (Å²) in [7, 11) is 0. The molecule has 0 unspecified atom stereocenters. The number of H-pyrrole nitrogens is 1. The number of nitro groups is 1. The van der Waals surface area contributed by atoms with Crippen LogP contribution in [0.5, 0.6) is 0 Å². The average molecular weight is 496 g/mol. The molecule has 2 aromatic carbocycles. The number of rotatable bonds is 7. The molecule has 9 heteroatoms. The van der Waals surface area contributed by atoms with Crippen LogP contribution < -0.4 is 5.56 Å². The zero-order chi connectivity index (χ0) is 25.4. The number of hydrogen-bond acceptors (Lipinski definition) is 6. The molecule has 0 saturated heterocycles. The largest absolute Gasteiger partial charge is 0.433 e. The maximum absolute atomic E-state index is 12.8. The predicted molar refractivity (Wildman–Crippen MR) is 140 cm³/mol. The Balaban J connectivity index is 1.46. The third-order valence-electron chi connectivity index (χ3n) is 6.88. The Kier molecular flexibility index (Phi) is 5.88. The minimum atomic E-state index is -0.555. The van der Waals surface area contributed by atoms with Crippen molar-refractivity contribution < 1.29 is 9.34 Å². The first kappa shape index (κ1) is 22.9. The van der Waals surface area contributed by atoms with E-state index >= 15 is 0 Å². The van der Waals surface area contributed by atoms with Crippen molar-refractivity contribution in [1.29, 1.82) is 0 Å². The molecule has 0 atom stereocenters. The van der Waals surface area contributed by atoms with Gasteiger partial charge < -0.3 is 14.0 Å². The molecule has 0 radical (unpaired) electrons. The standard InChI is InChI=1S/C28H25N5O4/c34-28-23(15-19-9-5-2-6-10-19)29-21-17-24-22(16-20(21)31-28)30-27(25-11-12-26(37-25)33(35)36)32(24)14-13-18-7-3-1-4-8-18/h2,5-7,9-12,16-17H,1,3-4,8,13-15H2,(H,31,34). The highest BCUT2D eigenvalue weighted by Crippen LogP contribution is 2.31. The third-order valence-corrected chi connectivity index (χ3v) is 6.88. The van der Waals surface area contributed by atoms with Crippen LogP contribution in [-0.2, 0) is 13.0 Å². The molecule has 1 N–H and O–H groups in total. The number of allylic oxidation sites excluding steroid dienone is 2. The summed E-state index contributed by atoms with van der Waals surface area (Å²) in [6.45, 7) is 0.651. The number of furan rings is 1. The van der Waals surface area contributed by atoms with E-state index in [1.54, 1.807) is 6.07 Å². The van der Waals surface area contributed by atoms with Gasteiger partial charge >= 0.3 is 5.88 Å². The van der Waals surface area contributed by atoms with Gasteiger partial charge in [0, 0.05) is 13.0 Å². The fraction of sp³-hybridized carbons (Fsp3) is 0.250. The van der Waals surface area contributed by atoms with Crippen LogP contribution in [0.25, 0.3) is 33.7 Å². The van der Waals surface area contributed by atoms with Gasteiger partial charge in [-0.05, 0) is 55.9 Å². The van der Waals surface area contributed by atoms with Gasteiger partial charge in [0.1, 0.15) is 10.6 Å². The lowest BCUT2D eigenvalue weighted by Crippen LogP contribution is -2.15. The van der Waals surface area contributed by atoms with Gasteiger partial charge in [0.25, 0.3) is 5.56 Å². The number of nitrogens with zero attached hydrogens (tertiary/aromatic N) is 4. The van der Waals surface area contributed by atoms with Gasteiger partial charge in [-0.2, -0.15) is 0 Å². The summed E-state index contributed by atoms with van der Waals surface area (Å²) in [5.41, 5.74) is 5.38. The Hall–Kier alpha value is -4.53. The summed E-state index contributed by atoms with van der Waals surface area (Å²) in [6.07, 6.45) is 8.21. The monoisotopic (exact) mass is 495 g/mol. The Morgan fingerprint density at radius 1 is 1.05 bits per heavy atom. The predicted octanol–water partition coefficient (Wildman–Crippen LogP) is 5.92. The molecular weight excluding hydrogens is 470 g/mol. The molecule has 0 amide bonds. The van der Waals surface area contributed by atoms with E-state index in [1.165, 1.54) is 24.5 Å². The van der Waals surface area contributed by atoms with Gasteiger partial charge in [-0.15, -0.1) is 0 Å². The second kappa shape index (κ2) is 9.50. The number of nitrogens with one attached hydrogen (secondary N) is 1. The maximum atomic E-state index is 12.8. The first-order valence-corrected chi connectivity index (χ1v) is 12.4. The van der Waals surface area contributed by atoms with E-state index in [4.69, 9.17) is 14.4 Å². The molecule has 1 aliphatic carbocycles. The minimum absolute atomic E-state index is 0.235. The molecule has 186 valence electrons. The zero-order valence-corrected chi connectivity index (χ0v) is 20.1. The van der Waals surface area contributed by atoms with Crippen molar-refractivity contribution in [2.24, 2.45) is 0 Å². The third kappa shape index (κ3) is 4.55. The van der Waals surface area contributed by atoms with E-state index in [1.807, 2.05) is 47.0 Å². The SMILES string of the molecule is O=c1[nH]c2cc3nc(-c4ccc([N+](=O)[O-])o4)n(CCC4=CCCCC4)c3cc2nc1Cc1ccccc1. The molecule has 0 bridgehead atoms. The van der Waals surface area contributed by atoms with Gasteiger partial charge in [0.15, 0.2) is 11.6 Å². The smallest absolute Gasteiger partial charge is 0.397 e. The summed E-state index contributed by atoms with van der Waals surface area (Å²) in [4.78, 5) is 35.9. The van der Waals surface area contributed by atoms with Crippen LogP contribution in [-0.4, -0.2) is 24.4 Å². The highest BCUT2D eigenvalue weighted by Gasteiger charge is 2.21. The Bertz CT molecular complexity index is 1710. The average Bonchev–Trinajstić information content (AvgIpc) is 3.53. The fourth-order valence-corrected chi connectivity index (χ4v) is 5.00. The van der Waals surface area contributed by atoms with E-state index in [0.29, 0.717) is 46.8 Å². The second-order valence-electron chi connectivity index (χ2n) is 9.37. The van der Waals surface area contributed by atoms with Gasteiger partial charge in [-0.25, -0.2) is 9.97 Å². The molecule has 37 heavy (non-hydrogen) atoms. The molecular formula is C28H25N5O4. The number of aromatic nitrogens is 4. The first-order chi connectivity index (χ1) is 18.0. The molecule has 3 aromatic heterocycles. The number of aryl methyl sites for hydroxylation is 1. The van der Waals surface area contributed by atoms with Gasteiger partial charge in [-0.3, -0.25) is 14.9 Å². The van der Waals surface area contributed by atoms with Crippen LogP contribution in [0, 0.1) is 10.1 Å². The molecule has 9 nitrogen and oxygen atoms in total. The molecule has 6 rings (SSSR count). The van der Waals surface area contributed by atoms with Crippen molar-refractivity contribution in [2.45, 2.75) is 45.1 Å². The van der Waals surface area contributed by atoms with Crippen LogP contribution in [0.4, 0.5) is 5.88 Å². The Morgan fingerprint density at radius 2 is 1.92 bits per heavy atom. The minimum Gasteiger partial charge on any atom is -0.397 e. The van der Waals surface area contributed by atoms with Crippen LogP contribution in [0.15, 0.2) is 75.5 Å². The van der Waals surface area contributed by atoms with Gasteiger partial charge in [0.2, 0.25) is 0 Å². The summed E-state index contributed by atoms with van der Waals surface area (Å²) in [5.74, 6) is 0.516. The van der Waals surface area contributed by atoms with Crippen molar-refractivity contribution >= 4 is 28.0 Å². The lowest BCUT2D eigenvalue weighted by molar-refractivity contribution is -0.401. The lowest BCUT2D eigenvalue weighted by atomic mass is 9.97. The van der Waals surface area contributed by atoms with Crippen molar-refractivity contribution in [2.75, 3.05) is 0 Å². The number of hydrogen-bond donors (Lipinski definition) is 1. The fourth-order valence-electron chi connectivity index (χ4n) is 5.00. The lowest BCUT2D eigenvalue weighted by Gasteiger charge is -2.14. The molecule has 5 aromatic rings. The van der Waals surface area contributed by atoms with E-state index in [9.17, 15) is 14.9 Å². The number of imidazole rings is 1. The van der Waals surface area contributed by atoms with E-state index in [2.05, 4.69) is 11.1 Å². The Morgan fingerprint density at radius 3 is 2.68 bits per heavy atom. The zero-order valence-electron chi connectivity index (χ0n) is 20.1. The van der Waals surface area contributed by atoms with Crippen molar-refractivity contribution in [3.05, 3.63) is 98.0 Å². The van der Waals surface area contributed by atoms with Crippen LogP contribution >= 0.6 is 0 Å². The molecule has 0 spiro atoms. The molecule has 0 aliphatic heterocycles.